The van der Waals surface area contributed by atoms with Crippen LogP contribution in [0.5, 0.6) is 0 Å². The zero-order valence-electron chi connectivity index (χ0n) is 10.3. The summed E-state index contributed by atoms with van der Waals surface area (Å²) >= 11 is 3.49. The van der Waals surface area contributed by atoms with Gasteiger partial charge in [0.25, 0.3) is 0 Å². The van der Waals surface area contributed by atoms with Crippen molar-refractivity contribution in [2.75, 3.05) is 0 Å². The van der Waals surface area contributed by atoms with Gasteiger partial charge in [0.2, 0.25) is 0 Å². The minimum Gasteiger partial charge on any atom is -0.303 e. The molecule has 0 amide bonds. The second kappa shape index (κ2) is 4.15. The van der Waals surface area contributed by atoms with Crippen LogP contribution in [0, 0.1) is 0 Å². The van der Waals surface area contributed by atoms with Gasteiger partial charge in [-0.3, -0.25) is 0 Å². The van der Waals surface area contributed by atoms with E-state index in [0.29, 0.717) is 0 Å². The van der Waals surface area contributed by atoms with Gasteiger partial charge in [-0.15, -0.1) is 0 Å². The molecular weight excluding hydrogens is 262 g/mol. The van der Waals surface area contributed by atoms with E-state index >= 15 is 0 Å². The molecule has 2 heteroatoms. The Morgan fingerprint density at radius 2 is 1.69 bits per heavy atom. The smallest absolute Gasteiger partial charge is 0.0410 e. The van der Waals surface area contributed by atoms with Crippen LogP contribution in [0.2, 0.25) is 0 Å². The average molecular weight is 282 g/mol. The van der Waals surface area contributed by atoms with Gasteiger partial charge in [0.15, 0.2) is 0 Å². The van der Waals surface area contributed by atoms with E-state index in [2.05, 4.69) is 66.3 Å². The van der Waals surface area contributed by atoms with Crippen molar-refractivity contribution in [3.63, 3.8) is 0 Å². The standard InChI is InChI=1S/C14H20BrN/c1-13(2)9-4-10-14(3,16-13)11-5-7-12(15)8-6-11/h5-8,16H,4,9-10H2,1-3H3. The summed E-state index contributed by atoms with van der Waals surface area (Å²) < 4.78 is 1.15. The van der Waals surface area contributed by atoms with E-state index in [1.54, 1.807) is 0 Å². The minimum absolute atomic E-state index is 0.127. The highest BCUT2D eigenvalue weighted by Crippen LogP contribution is 2.36. The first-order valence-electron chi connectivity index (χ1n) is 5.97. The van der Waals surface area contributed by atoms with Crippen LogP contribution in [0.4, 0.5) is 0 Å². The molecule has 1 aromatic rings. The Morgan fingerprint density at radius 3 is 2.25 bits per heavy atom. The third-order valence-corrected chi connectivity index (χ3v) is 4.10. The number of benzene rings is 1. The van der Waals surface area contributed by atoms with E-state index in [0.717, 1.165) is 4.47 Å². The molecule has 1 heterocycles. The molecular formula is C14H20BrN. The molecule has 0 radical (unpaired) electrons. The maximum Gasteiger partial charge on any atom is 0.0410 e. The molecule has 0 aliphatic carbocycles. The first-order valence-corrected chi connectivity index (χ1v) is 6.76. The van der Waals surface area contributed by atoms with E-state index in [4.69, 9.17) is 0 Å². The summed E-state index contributed by atoms with van der Waals surface area (Å²) in [4.78, 5) is 0. The van der Waals surface area contributed by atoms with Gasteiger partial charge in [0, 0.05) is 15.6 Å². The molecule has 1 atom stereocenters. The summed E-state index contributed by atoms with van der Waals surface area (Å²) in [6.45, 7) is 6.91. The van der Waals surface area contributed by atoms with Crippen LogP contribution in [0.25, 0.3) is 0 Å². The highest BCUT2D eigenvalue weighted by atomic mass is 79.9. The number of piperidine rings is 1. The highest BCUT2D eigenvalue weighted by Gasteiger charge is 2.36. The van der Waals surface area contributed by atoms with Crippen LogP contribution in [0.15, 0.2) is 28.7 Å². The Bertz CT molecular complexity index is 369. The summed E-state index contributed by atoms with van der Waals surface area (Å²) in [5, 5.41) is 3.79. The van der Waals surface area contributed by atoms with Gasteiger partial charge in [0.05, 0.1) is 0 Å². The van der Waals surface area contributed by atoms with Gasteiger partial charge in [0.1, 0.15) is 0 Å². The van der Waals surface area contributed by atoms with Gasteiger partial charge >= 0.3 is 0 Å². The Balaban J connectivity index is 2.27. The fraction of sp³-hybridized carbons (Fsp3) is 0.571. The van der Waals surface area contributed by atoms with E-state index < -0.39 is 0 Å². The van der Waals surface area contributed by atoms with Crippen LogP contribution < -0.4 is 5.32 Å². The predicted octanol–water partition coefficient (Wildman–Crippen LogP) is 4.22. The summed E-state index contributed by atoms with van der Waals surface area (Å²) in [7, 11) is 0. The lowest BCUT2D eigenvalue weighted by molar-refractivity contribution is 0.168. The average Bonchev–Trinajstić information content (AvgIpc) is 2.16. The first kappa shape index (κ1) is 12.1. The molecule has 88 valence electrons. The topological polar surface area (TPSA) is 12.0 Å². The Kier molecular flexibility index (Phi) is 3.15. The molecule has 0 spiro atoms. The highest BCUT2D eigenvalue weighted by molar-refractivity contribution is 9.10. The number of hydrogen-bond acceptors (Lipinski definition) is 1. The quantitative estimate of drug-likeness (QED) is 0.813. The van der Waals surface area contributed by atoms with E-state index in [9.17, 15) is 0 Å². The Labute approximate surface area is 107 Å². The molecule has 1 aromatic carbocycles. The lowest BCUT2D eigenvalue weighted by atomic mass is 9.78. The summed E-state index contributed by atoms with van der Waals surface area (Å²) in [5.74, 6) is 0. The fourth-order valence-electron chi connectivity index (χ4n) is 2.79. The van der Waals surface area contributed by atoms with Crippen LogP contribution in [-0.2, 0) is 5.54 Å². The zero-order valence-corrected chi connectivity index (χ0v) is 11.9. The molecule has 2 rings (SSSR count). The molecule has 1 nitrogen and oxygen atoms in total. The van der Waals surface area contributed by atoms with Crippen molar-refractivity contribution in [3.8, 4) is 0 Å². The van der Waals surface area contributed by atoms with Crippen molar-refractivity contribution in [2.45, 2.75) is 51.1 Å². The second-order valence-electron chi connectivity index (χ2n) is 5.70. The SMILES string of the molecule is CC1(C)CCCC(C)(c2ccc(Br)cc2)N1. The van der Waals surface area contributed by atoms with Crippen molar-refractivity contribution < 1.29 is 0 Å². The van der Waals surface area contributed by atoms with Crippen LogP contribution in [0.3, 0.4) is 0 Å². The van der Waals surface area contributed by atoms with Gasteiger partial charge in [-0.05, 0) is 57.7 Å². The van der Waals surface area contributed by atoms with Gasteiger partial charge in [-0.25, -0.2) is 0 Å². The van der Waals surface area contributed by atoms with Crippen molar-refractivity contribution in [3.05, 3.63) is 34.3 Å². The first-order chi connectivity index (χ1) is 7.41. The van der Waals surface area contributed by atoms with Gasteiger partial charge in [-0.1, -0.05) is 28.1 Å². The fourth-order valence-corrected chi connectivity index (χ4v) is 3.05. The summed E-state index contributed by atoms with van der Waals surface area (Å²) in [6, 6.07) is 8.70. The van der Waals surface area contributed by atoms with Gasteiger partial charge in [-0.2, -0.15) is 0 Å². The van der Waals surface area contributed by atoms with Crippen molar-refractivity contribution in [1.82, 2.24) is 5.32 Å². The third kappa shape index (κ3) is 2.49. The van der Waals surface area contributed by atoms with Gasteiger partial charge < -0.3 is 5.32 Å². The Morgan fingerprint density at radius 1 is 1.06 bits per heavy atom. The van der Waals surface area contributed by atoms with Crippen molar-refractivity contribution in [2.24, 2.45) is 0 Å². The number of hydrogen-bond donors (Lipinski definition) is 1. The molecule has 0 bridgehead atoms. The Hall–Kier alpha value is -0.340. The van der Waals surface area contributed by atoms with E-state index in [1.807, 2.05) is 0 Å². The maximum atomic E-state index is 3.79. The molecule has 0 aromatic heterocycles. The zero-order chi connectivity index (χ0) is 11.8. The van der Waals surface area contributed by atoms with Crippen molar-refractivity contribution in [1.29, 1.82) is 0 Å². The molecule has 0 saturated carbocycles. The summed E-state index contributed by atoms with van der Waals surface area (Å²) in [5.41, 5.74) is 1.77. The number of rotatable bonds is 1. The molecule has 1 unspecified atom stereocenters. The predicted molar refractivity (Wildman–Crippen MR) is 72.6 cm³/mol. The maximum absolute atomic E-state index is 3.79. The lowest BCUT2D eigenvalue weighted by Crippen LogP contribution is -2.54. The molecule has 1 aliphatic heterocycles. The normalized spacial score (nSPS) is 29.0. The van der Waals surface area contributed by atoms with E-state index in [-0.39, 0.29) is 11.1 Å². The number of nitrogens with one attached hydrogen (secondary N) is 1. The van der Waals surface area contributed by atoms with E-state index in [1.165, 1.54) is 24.8 Å². The molecule has 1 saturated heterocycles. The van der Waals surface area contributed by atoms with Crippen LogP contribution in [-0.4, -0.2) is 5.54 Å². The monoisotopic (exact) mass is 281 g/mol. The molecule has 1 fully saturated rings. The summed E-state index contributed by atoms with van der Waals surface area (Å²) in [6.07, 6.45) is 3.78. The number of halogens is 1. The molecule has 1 aliphatic rings. The third-order valence-electron chi connectivity index (χ3n) is 3.57. The van der Waals surface area contributed by atoms with Crippen molar-refractivity contribution >= 4 is 15.9 Å². The largest absolute Gasteiger partial charge is 0.303 e. The second-order valence-corrected chi connectivity index (χ2v) is 6.62. The molecule has 16 heavy (non-hydrogen) atoms. The lowest BCUT2D eigenvalue weighted by Gasteiger charge is -2.45. The minimum atomic E-state index is 0.127. The van der Waals surface area contributed by atoms with Crippen LogP contribution in [0.1, 0.15) is 45.6 Å². The molecule has 1 N–H and O–H groups in total. The van der Waals surface area contributed by atoms with Crippen LogP contribution >= 0.6 is 15.9 Å².